The molecule has 0 saturated heterocycles. The van der Waals surface area contributed by atoms with Crippen molar-refractivity contribution in [3.8, 4) is 0 Å². The standard InChI is InChI=1S/C18H22N2O.ClH/c1-12-9-10-16(11-13(12)2)20-18(21)14(3)17(19)15-7-5-4-6-8-15;/h4-11,14,17H,19H2,1-3H3,(H,20,21);1H. The summed E-state index contributed by atoms with van der Waals surface area (Å²) in [5, 5.41) is 2.94. The van der Waals surface area contributed by atoms with Gasteiger partial charge in [-0.1, -0.05) is 43.3 Å². The molecule has 0 aliphatic rings. The van der Waals surface area contributed by atoms with E-state index in [4.69, 9.17) is 5.73 Å². The predicted molar refractivity (Wildman–Crippen MR) is 94.3 cm³/mol. The molecule has 0 saturated carbocycles. The Labute approximate surface area is 138 Å². The van der Waals surface area contributed by atoms with Crippen LogP contribution in [0.5, 0.6) is 0 Å². The minimum absolute atomic E-state index is 0. The van der Waals surface area contributed by atoms with Crippen LogP contribution in [0.3, 0.4) is 0 Å². The van der Waals surface area contributed by atoms with Gasteiger partial charge in [-0.2, -0.15) is 0 Å². The van der Waals surface area contributed by atoms with Crippen molar-refractivity contribution in [2.24, 2.45) is 11.7 Å². The summed E-state index contributed by atoms with van der Waals surface area (Å²) >= 11 is 0. The zero-order valence-electron chi connectivity index (χ0n) is 13.2. The first-order chi connectivity index (χ1) is 9.99. The molecular weight excluding hydrogens is 296 g/mol. The maximum absolute atomic E-state index is 12.3. The van der Waals surface area contributed by atoms with Gasteiger partial charge in [0.25, 0.3) is 0 Å². The summed E-state index contributed by atoms with van der Waals surface area (Å²) in [6.45, 7) is 5.94. The molecular formula is C18H23ClN2O. The van der Waals surface area contributed by atoms with Crippen LogP contribution in [0.15, 0.2) is 48.5 Å². The molecule has 1 amide bonds. The topological polar surface area (TPSA) is 55.1 Å². The summed E-state index contributed by atoms with van der Waals surface area (Å²) in [5.74, 6) is -0.358. The van der Waals surface area contributed by atoms with Gasteiger partial charge in [-0.05, 0) is 42.7 Å². The lowest BCUT2D eigenvalue weighted by molar-refractivity contribution is -0.120. The maximum Gasteiger partial charge on any atom is 0.229 e. The van der Waals surface area contributed by atoms with E-state index in [2.05, 4.69) is 12.2 Å². The fourth-order valence-electron chi connectivity index (χ4n) is 2.20. The van der Waals surface area contributed by atoms with E-state index in [9.17, 15) is 4.79 Å². The molecule has 0 aromatic heterocycles. The second kappa shape index (κ2) is 7.97. The smallest absolute Gasteiger partial charge is 0.229 e. The molecule has 2 atom stereocenters. The number of nitrogens with two attached hydrogens (primary N) is 1. The van der Waals surface area contributed by atoms with E-state index >= 15 is 0 Å². The highest BCUT2D eigenvalue weighted by Gasteiger charge is 2.22. The van der Waals surface area contributed by atoms with E-state index in [0.717, 1.165) is 16.8 Å². The van der Waals surface area contributed by atoms with Crippen molar-refractivity contribution < 1.29 is 4.79 Å². The van der Waals surface area contributed by atoms with Crippen molar-refractivity contribution in [3.63, 3.8) is 0 Å². The largest absolute Gasteiger partial charge is 0.326 e. The lowest BCUT2D eigenvalue weighted by atomic mass is 9.94. The van der Waals surface area contributed by atoms with Gasteiger partial charge < -0.3 is 11.1 Å². The van der Waals surface area contributed by atoms with E-state index in [1.807, 2.05) is 62.4 Å². The minimum atomic E-state index is -0.308. The second-order valence-corrected chi connectivity index (χ2v) is 5.51. The van der Waals surface area contributed by atoms with Crippen molar-refractivity contribution in [3.05, 3.63) is 65.2 Å². The van der Waals surface area contributed by atoms with Crippen LogP contribution in [0.4, 0.5) is 5.69 Å². The molecule has 0 fully saturated rings. The van der Waals surface area contributed by atoms with Crippen molar-refractivity contribution in [1.82, 2.24) is 0 Å². The SMILES string of the molecule is Cc1ccc(NC(=O)C(C)C(N)c2ccccc2)cc1C.Cl. The number of benzene rings is 2. The van der Waals surface area contributed by atoms with Crippen LogP contribution in [-0.4, -0.2) is 5.91 Å². The molecule has 118 valence electrons. The van der Waals surface area contributed by atoms with Gasteiger partial charge in [0.2, 0.25) is 5.91 Å². The molecule has 0 radical (unpaired) electrons. The summed E-state index contributed by atoms with van der Waals surface area (Å²) in [7, 11) is 0. The van der Waals surface area contributed by atoms with E-state index in [1.165, 1.54) is 5.56 Å². The van der Waals surface area contributed by atoms with E-state index < -0.39 is 0 Å². The normalized spacial score (nSPS) is 12.9. The Morgan fingerprint density at radius 3 is 2.27 bits per heavy atom. The highest BCUT2D eigenvalue weighted by molar-refractivity contribution is 5.93. The van der Waals surface area contributed by atoms with Crippen molar-refractivity contribution in [1.29, 1.82) is 0 Å². The Bertz CT molecular complexity index is 628. The van der Waals surface area contributed by atoms with Gasteiger partial charge in [0.1, 0.15) is 0 Å². The Kier molecular flexibility index (Phi) is 6.60. The van der Waals surface area contributed by atoms with Crippen LogP contribution in [0.25, 0.3) is 0 Å². The number of carbonyl (C=O) groups excluding carboxylic acids is 1. The summed E-state index contributed by atoms with van der Waals surface area (Å²) < 4.78 is 0. The number of hydrogen-bond donors (Lipinski definition) is 2. The summed E-state index contributed by atoms with van der Waals surface area (Å²) in [6, 6.07) is 15.3. The Balaban J connectivity index is 0.00000242. The minimum Gasteiger partial charge on any atom is -0.326 e. The zero-order valence-corrected chi connectivity index (χ0v) is 14.0. The van der Waals surface area contributed by atoms with Crippen LogP contribution in [0, 0.1) is 19.8 Å². The molecule has 3 nitrogen and oxygen atoms in total. The van der Waals surface area contributed by atoms with Gasteiger partial charge in [-0.25, -0.2) is 0 Å². The Hall–Kier alpha value is -1.84. The number of hydrogen-bond acceptors (Lipinski definition) is 2. The highest BCUT2D eigenvalue weighted by Crippen LogP contribution is 2.21. The van der Waals surface area contributed by atoms with Crippen molar-refractivity contribution in [2.75, 3.05) is 5.32 Å². The molecule has 4 heteroatoms. The number of nitrogens with one attached hydrogen (secondary N) is 1. The first-order valence-corrected chi connectivity index (χ1v) is 7.17. The number of aryl methyl sites for hydroxylation is 2. The third-order valence-corrected chi connectivity index (χ3v) is 3.91. The average Bonchev–Trinajstić information content (AvgIpc) is 2.50. The predicted octanol–water partition coefficient (Wildman–Crippen LogP) is 4.00. The van der Waals surface area contributed by atoms with Crippen LogP contribution < -0.4 is 11.1 Å². The molecule has 0 aliphatic carbocycles. The molecule has 0 heterocycles. The van der Waals surface area contributed by atoms with Crippen LogP contribution >= 0.6 is 12.4 Å². The molecule has 2 aromatic rings. The van der Waals surface area contributed by atoms with Gasteiger partial charge in [-0.3, -0.25) is 4.79 Å². The van der Waals surface area contributed by atoms with Gasteiger partial charge >= 0.3 is 0 Å². The van der Waals surface area contributed by atoms with Crippen molar-refractivity contribution >= 4 is 24.0 Å². The molecule has 0 spiro atoms. The van der Waals surface area contributed by atoms with Gasteiger partial charge in [0, 0.05) is 11.7 Å². The molecule has 22 heavy (non-hydrogen) atoms. The fraction of sp³-hybridized carbons (Fsp3) is 0.278. The van der Waals surface area contributed by atoms with E-state index in [0.29, 0.717) is 0 Å². The number of amides is 1. The van der Waals surface area contributed by atoms with Gasteiger partial charge in [0.05, 0.1) is 5.92 Å². The third-order valence-electron chi connectivity index (χ3n) is 3.91. The molecule has 3 N–H and O–H groups in total. The first kappa shape index (κ1) is 18.2. The number of rotatable bonds is 4. The molecule has 2 aromatic carbocycles. The number of carbonyl (C=O) groups is 1. The van der Waals surface area contributed by atoms with Crippen molar-refractivity contribution in [2.45, 2.75) is 26.8 Å². The number of halogens is 1. The third kappa shape index (κ3) is 4.33. The monoisotopic (exact) mass is 318 g/mol. The average molecular weight is 319 g/mol. The van der Waals surface area contributed by atoms with E-state index in [1.54, 1.807) is 0 Å². The van der Waals surface area contributed by atoms with Gasteiger partial charge in [-0.15, -0.1) is 12.4 Å². The fourth-order valence-corrected chi connectivity index (χ4v) is 2.20. The molecule has 2 rings (SSSR count). The second-order valence-electron chi connectivity index (χ2n) is 5.51. The Morgan fingerprint density at radius 1 is 1.05 bits per heavy atom. The van der Waals surface area contributed by atoms with Crippen LogP contribution in [-0.2, 0) is 4.79 Å². The summed E-state index contributed by atoms with van der Waals surface area (Å²) in [6.07, 6.45) is 0. The van der Waals surface area contributed by atoms with Gasteiger partial charge in [0.15, 0.2) is 0 Å². The lowest BCUT2D eigenvalue weighted by Crippen LogP contribution is -2.30. The molecule has 2 unspecified atom stereocenters. The zero-order chi connectivity index (χ0) is 15.4. The van der Waals surface area contributed by atoms with Crippen LogP contribution in [0.1, 0.15) is 29.7 Å². The summed E-state index contributed by atoms with van der Waals surface area (Å²) in [5.41, 5.74) is 10.3. The maximum atomic E-state index is 12.3. The first-order valence-electron chi connectivity index (χ1n) is 7.17. The molecule has 0 bridgehead atoms. The van der Waals surface area contributed by atoms with E-state index in [-0.39, 0.29) is 30.3 Å². The quantitative estimate of drug-likeness (QED) is 0.895. The number of anilines is 1. The highest BCUT2D eigenvalue weighted by atomic mass is 35.5. The Morgan fingerprint density at radius 2 is 1.68 bits per heavy atom. The van der Waals surface area contributed by atoms with Crippen LogP contribution in [0.2, 0.25) is 0 Å². The summed E-state index contributed by atoms with van der Waals surface area (Å²) in [4.78, 5) is 12.3. The lowest BCUT2D eigenvalue weighted by Gasteiger charge is -2.20. The molecule has 0 aliphatic heterocycles.